The third-order valence-corrected chi connectivity index (χ3v) is 5.01. The van der Waals surface area contributed by atoms with Crippen LogP contribution in [0.25, 0.3) is 0 Å². The van der Waals surface area contributed by atoms with Crippen LogP contribution in [-0.4, -0.2) is 38.1 Å². The monoisotopic (exact) mass is 477 g/mol. The highest BCUT2D eigenvalue weighted by Gasteiger charge is 2.31. The Morgan fingerprint density at radius 3 is 2.32 bits per heavy atom. The number of halogens is 3. The van der Waals surface area contributed by atoms with Crippen LogP contribution in [0, 0.1) is 6.92 Å². The van der Waals surface area contributed by atoms with E-state index in [9.17, 15) is 27.9 Å². The van der Waals surface area contributed by atoms with Gasteiger partial charge in [-0.05, 0) is 62.2 Å². The summed E-state index contributed by atoms with van der Waals surface area (Å²) in [6.07, 6.45) is -3.86. The van der Waals surface area contributed by atoms with E-state index in [1.54, 1.807) is 6.92 Å². The van der Waals surface area contributed by atoms with Gasteiger partial charge in [0.15, 0.2) is 11.7 Å². The summed E-state index contributed by atoms with van der Waals surface area (Å²) in [5.74, 6) is -1.55. The molecule has 0 radical (unpaired) electrons. The largest absolute Gasteiger partial charge is 0.478 e. The van der Waals surface area contributed by atoms with Crippen LogP contribution < -0.4 is 4.74 Å². The molecule has 0 aliphatic carbocycles. The van der Waals surface area contributed by atoms with Crippen LogP contribution in [0.15, 0.2) is 48.7 Å². The smallest absolute Gasteiger partial charge is 0.416 e. The lowest BCUT2D eigenvalue weighted by Gasteiger charge is -2.23. The van der Waals surface area contributed by atoms with Gasteiger partial charge < -0.3 is 14.6 Å². The van der Waals surface area contributed by atoms with E-state index >= 15 is 0 Å². The Bertz CT molecular complexity index is 1160. The van der Waals surface area contributed by atoms with Crippen molar-refractivity contribution in [2.75, 3.05) is 0 Å². The van der Waals surface area contributed by atoms with Gasteiger partial charge in [0.2, 0.25) is 0 Å². The standard InChI is InChI=1S/C23H22F3N3O5/c1-13-10-15(6-9-18(13)34-22(2,3)21(31)32)20(30)33-19(17-12-27-29-28-17)11-14-4-7-16(8-5-14)23(24,25)26/h4-10,12,19H,11H2,1-3H3,(H,31,32)(H,27,28,29). The quantitative estimate of drug-likeness (QED) is 0.459. The molecular formula is C23H22F3N3O5. The summed E-state index contributed by atoms with van der Waals surface area (Å²) < 4.78 is 49.6. The van der Waals surface area contributed by atoms with Gasteiger partial charge in [0.25, 0.3) is 0 Å². The van der Waals surface area contributed by atoms with Crippen LogP contribution in [0.4, 0.5) is 13.2 Å². The van der Waals surface area contributed by atoms with Crippen molar-refractivity contribution in [2.24, 2.45) is 0 Å². The third kappa shape index (κ3) is 5.91. The molecule has 0 saturated heterocycles. The number of carbonyl (C=O) groups is 2. The molecule has 3 rings (SSSR count). The van der Waals surface area contributed by atoms with E-state index in [0.29, 0.717) is 22.6 Å². The van der Waals surface area contributed by atoms with Crippen LogP contribution in [0.5, 0.6) is 5.75 Å². The molecule has 0 bridgehead atoms. The lowest BCUT2D eigenvalue weighted by atomic mass is 10.0. The topological polar surface area (TPSA) is 114 Å². The number of aliphatic carboxylic acids is 1. The number of hydrogen-bond acceptors (Lipinski definition) is 6. The second kappa shape index (κ2) is 9.54. The van der Waals surface area contributed by atoms with E-state index in [1.165, 1.54) is 50.4 Å². The maximum absolute atomic E-state index is 12.8. The summed E-state index contributed by atoms with van der Waals surface area (Å²) in [4.78, 5) is 24.1. The van der Waals surface area contributed by atoms with Gasteiger partial charge in [-0.25, -0.2) is 9.59 Å². The fraction of sp³-hybridized carbons (Fsp3) is 0.304. The first kappa shape index (κ1) is 24.7. The number of esters is 1. The predicted octanol–water partition coefficient (Wildman–Crippen LogP) is 4.51. The fourth-order valence-corrected chi connectivity index (χ4v) is 3.02. The summed E-state index contributed by atoms with van der Waals surface area (Å²) in [6.45, 7) is 4.46. The molecule has 0 aliphatic rings. The number of benzene rings is 2. The van der Waals surface area contributed by atoms with Crippen LogP contribution in [0.1, 0.15) is 52.7 Å². The van der Waals surface area contributed by atoms with Gasteiger partial charge in [-0.15, -0.1) is 5.10 Å². The molecule has 1 aromatic heterocycles. The highest BCUT2D eigenvalue weighted by Crippen LogP contribution is 2.30. The average molecular weight is 477 g/mol. The number of nitrogens with one attached hydrogen (secondary N) is 1. The molecule has 0 amide bonds. The number of H-pyrrole nitrogens is 1. The molecular weight excluding hydrogens is 455 g/mol. The Morgan fingerprint density at radius 1 is 1.12 bits per heavy atom. The number of carbonyl (C=O) groups excluding carboxylic acids is 1. The highest BCUT2D eigenvalue weighted by atomic mass is 19.4. The van der Waals surface area contributed by atoms with Crippen molar-refractivity contribution in [3.8, 4) is 5.75 Å². The van der Waals surface area contributed by atoms with Gasteiger partial charge in [-0.3, -0.25) is 5.10 Å². The number of nitrogens with zero attached hydrogens (tertiary/aromatic N) is 2. The number of aromatic nitrogens is 3. The fourth-order valence-electron chi connectivity index (χ4n) is 3.02. The van der Waals surface area contributed by atoms with Gasteiger partial charge in [-0.2, -0.15) is 13.2 Å². The third-order valence-electron chi connectivity index (χ3n) is 5.01. The van der Waals surface area contributed by atoms with E-state index in [4.69, 9.17) is 9.47 Å². The first-order valence-corrected chi connectivity index (χ1v) is 10.1. The zero-order valence-corrected chi connectivity index (χ0v) is 18.5. The van der Waals surface area contributed by atoms with Crippen LogP contribution >= 0.6 is 0 Å². The minimum atomic E-state index is -4.45. The maximum atomic E-state index is 12.8. The Labute approximate surface area is 192 Å². The van der Waals surface area contributed by atoms with E-state index in [2.05, 4.69) is 15.4 Å². The summed E-state index contributed by atoms with van der Waals surface area (Å²) >= 11 is 0. The van der Waals surface area contributed by atoms with Gasteiger partial charge in [-0.1, -0.05) is 17.3 Å². The predicted molar refractivity (Wildman–Crippen MR) is 113 cm³/mol. The van der Waals surface area contributed by atoms with Crippen LogP contribution in [0.3, 0.4) is 0 Å². The zero-order valence-electron chi connectivity index (χ0n) is 18.5. The van der Waals surface area contributed by atoms with Crippen molar-refractivity contribution in [1.82, 2.24) is 15.4 Å². The molecule has 0 fully saturated rings. The average Bonchev–Trinajstić information content (AvgIpc) is 3.29. The van der Waals surface area contributed by atoms with E-state index in [0.717, 1.165) is 12.1 Å². The summed E-state index contributed by atoms with van der Waals surface area (Å²) in [5, 5.41) is 19.2. The molecule has 34 heavy (non-hydrogen) atoms. The Hall–Kier alpha value is -3.89. The van der Waals surface area contributed by atoms with Gasteiger partial charge >= 0.3 is 18.1 Å². The van der Waals surface area contributed by atoms with Gasteiger partial charge in [0.1, 0.15) is 11.4 Å². The molecule has 3 aromatic rings. The lowest BCUT2D eigenvalue weighted by molar-refractivity contribution is -0.152. The number of carboxylic acid groups (broad SMARTS) is 1. The number of hydrogen-bond donors (Lipinski definition) is 2. The molecule has 2 N–H and O–H groups in total. The summed E-state index contributed by atoms with van der Waals surface area (Å²) in [6, 6.07) is 8.93. The second-order valence-corrected chi connectivity index (χ2v) is 8.09. The Balaban J connectivity index is 1.78. The maximum Gasteiger partial charge on any atom is 0.416 e. The molecule has 1 unspecified atom stereocenters. The Morgan fingerprint density at radius 2 is 1.79 bits per heavy atom. The van der Waals surface area contributed by atoms with Crippen LogP contribution in [-0.2, 0) is 22.1 Å². The molecule has 1 heterocycles. The number of carboxylic acids is 1. The number of rotatable bonds is 8. The van der Waals surface area contributed by atoms with Gasteiger partial charge in [0, 0.05) is 12.6 Å². The number of aromatic amines is 1. The Kier molecular flexibility index (Phi) is 6.94. The normalized spacial score (nSPS) is 12.8. The van der Waals surface area contributed by atoms with Crippen molar-refractivity contribution in [3.63, 3.8) is 0 Å². The van der Waals surface area contributed by atoms with Crippen LogP contribution in [0.2, 0.25) is 0 Å². The molecule has 1 atom stereocenters. The van der Waals surface area contributed by atoms with E-state index < -0.39 is 35.4 Å². The summed E-state index contributed by atoms with van der Waals surface area (Å²) in [5.41, 5.74) is -0.747. The molecule has 0 spiro atoms. The van der Waals surface area contributed by atoms with Crippen molar-refractivity contribution in [1.29, 1.82) is 0 Å². The van der Waals surface area contributed by atoms with Crippen molar-refractivity contribution in [3.05, 3.63) is 76.6 Å². The number of ether oxygens (including phenoxy) is 2. The zero-order chi connectivity index (χ0) is 25.1. The summed E-state index contributed by atoms with van der Waals surface area (Å²) in [7, 11) is 0. The molecule has 0 aliphatic heterocycles. The van der Waals surface area contributed by atoms with E-state index in [1.807, 2.05) is 0 Å². The van der Waals surface area contributed by atoms with Crippen molar-refractivity contribution >= 4 is 11.9 Å². The highest BCUT2D eigenvalue weighted by molar-refractivity contribution is 5.90. The van der Waals surface area contributed by atoms with E-state index in [-0.39, 0.29) is 12.0 Å². The number of aryl methyl sites for hydroxylation is 1. The molecule has 2 aromatic carbocycles. The molecule has 180 valence electrons. The molecule has 11 heteroatoms. The first-order valence-electron chi connectivity index (χ1n) is 10.1. The first-order chi connectivity index (χ1) is 15.9. The lowest BCUT2D eigenvalue weighted by Crippen LogP contribution is -2.38. The molecule has 0 saturated carbocycles. The SMILES string of the molecule is Cc1cc(C(=O)OC(Cc2ccc(C(F)(F)F)cc2)c2c[nH]nn2)ccc1OC(C)(C)C(=O)O. The minimum absolute atomic E-state index is 0.0728. The van der Waals surface area contributed by atoms with Crippen molar-refractivity contribution in [2.45, 2.75) is 45.1 Å². The molecule has 8 nitrogen and oxygen atoms in total. The van der Waals surface area contributed by atoms with Crippen molar-refractivity contribution < 1.29 is 37.3 Å². The van der Waals surface area contributed by atoms with Gasteiger partial charge in [0.05, 0.1) is 11.1 Å². The number of alkyl halides is 3. The second-order valence-electron chi connectivity index (χ2n) is 8.09. The minimum Gasteiger partial charge on any atom is -0.478 e.